The quantitative estimate of drug-likeness (QED) is 0.603. The number of aromatic nitrogens is 1. The van der Waals surface area contributed by atoms with E-state index in [-0.39, 0.29) is 5.91 Å². The van der Waals surface area contributed by atoms with Crippen LogP contribution in [0.25, 0.3) is 5.57 Å². The van der Waals surface area contributed by atoms with Crippen molar-refractivity contribution in [3.05, 3.63) is 46.5 Å². The Hall–Kier alpha value is -2.38. The molecule has 0 bridgehead atoms. The average molecular weight is 426 g/mol. The first-order chi connectivity index (χ1) is 14.6. The molecule has 1 saturated heterocycles. The van der Waals surface area contributed by atoms with Gasteiger partial charge in [0.2, 0.25) is 0 Å². The molecular formula is C23H31N5OS. The minimum atomic E-state index is -0.156. The maximum absolute atomic E-state index is 12.9. The molecule has 4 rings (SSSR count). The summed E-state index contributed by atoms with van der Waals surface area (Å²) in [6.07, 6.45) is 8.06. The minimum absolute atomic E-state index is 0.156. The van der Waals surface area contributed by atoms with E-state index in [1.54, 1.807) is 0 Å². The van der Waals surface area contributed by atoms with Gasteiger partial charge in [0, 0.05) is 36.8 Å². The van der Waals surface area contributed by atoms with Crippen molar-refractivity contribution in [2.45, 2.75) is 46.0 Å². The van der Waals surface area contributed by atoms with Crippen molar-refractivity contribution < 1.29 is 4.79 Å². The number of carbonyl (C=O) groups excluding carboxylic acids is 1. The second-order valence-corrected chi connectivity index (χ2v) is 9.16. The Kier molecular flexibility index (Phi) is 6.39. The van der Waals surface area contributed by atoms with Crippen molar-refractivity contribution in [3.63, 3.8) is 0 Å². The number of rotatable bonds is 7. The molecule has 1 fully saturated rings. The van der Waals surface area contributed by atoms with Crippen molar-refractivity contribution in [1.29, 1.82) is 0 Å². The smallest absolute Gasteiger partial charge is 0.275 e. The third-order valence-corrected chi connectivity index (χ3v) is 7.24. The van der Waals surface area contributed by atoms with Crippen LogP contribution < -0.4 is 21.1 Å². The SMILES string of the molecule is CCCC1(CC)CCCN(c2ccccc2NC(=O)c2csc(C3=CNNC3)n2)C1. The van der Waals surface area contributed by atoms with Gasteiger partial charge in [-0.3, -0.25) is 4.79 Å². The fourth-order valence-electron chi connectivity index (χ4n) is 4.65. The number of anilines is 2. The molecule has 0 aliphatic carbocycles. The van der Waals surface area contributed by atoms with Crippen LogP contribution >= 0.6 is 11.3 Å². The van der Waals surface area contributed by atoms with Crippen LogP contribution in [0.15, 0.2) is 35.8 Å². The molecule has 1 atom stereocenters. The number of hydrogen-bond acceptors (Lipinski definition) is 6. The van der Waals surface area contributed by atoms with Gasteiger partial charge in [-0.1, -0.05) is 32.4 Å². The standard InChI is InChI=1S/C23H31N5OS/c1-3-10-23(4-2)11-7-12-28(16-23)20-9-6-5-8-18(20)26-21(29)19-15-30-22(27-19)17-13-24-25-14-17/h5-6,8-9,13,15,24-25H,3-4,7,10-12,14,16H2,1-2H3,(H,26,29). The van der Waals surface area contributed by atoms with Crippen molar-refractivity contribution in [1.82, 2.24) is 15.8 Å². The summed E-state index contributed by atoms with van der Waals surface area (Å²) in [4.78, 5) is 19.9. The molecule has 6 nitrogen and oxygen atoms in total. The largest absolute Gasteiger partial charge is 0.369 e. The average Bonchev–Trinajstić information content (AvgIpc) is 3.46. The van der Waals surface area contributed by atoms with E-state index in [0.29, 0.717) is 17.7 Å². The topological polar surface area (TPSA) is 69.3 Å². The molecule has 30 heavy (non-hydrogen) atoms. The second-order valence-electron chi connectivity index (χ2n) is 8.31. The number of hydrogen-bond donors (Lipinski definition) is 3. The van der Waals surface area contributed by atoms with Crippen molar-refractivity contribution >= 4 is 34.2 Å². The highest BCUT2D eigenvalue weighted by Gasteiger charge is 2.33. The van der Waals surface area contributed by atoms with Crippen molar-refractivity contribution in [2.24, 2.45) is 5.41 Å². The van der Waals surface area contributed by atoms with Gasteiger partial charge in [-0.2, -0.15) is 0 Å². The Balaban J connectivity index is 1.51. The van der Waals surface area contributed by atoms with Crippen LogP contribution in [0.4, 0.5) is 11.4 Å². The third-order valence-electron chi connectivity index (χ3n) is 6.32. The van der Waals surface area contributed by atoms with Crippen LogP contribution in [-0.2, 0) is 0 Å². The van der Waals surface area contributed by atoms with Crippen LogP contribution in [0, 0.1) is 5.41 Å². The molecule has 7 heteroatoms. The first-order valence-corrected chi connectivity index (χ1v) is 11.8. The molecular weight excluding hydrogens is 394 g/mol. The molecule has 0 spiro atoms. The molecule has 1 unspecified atom stereocenters. The fraction of sp³-hybridized carbons (Fsp3) is 0.478. The highest BCUT2D eigenvalue weighted by atomic mass is 32.1. The normalized spacial score (nSPS) is 21.3. The van der Waals surface area contributed by atoms with E-state index in [0.717, 1.165) is 35.0 Å². The zero-order valence-corrected chi connectivity index (χ0v) is 18.6. The molecule has 2 aliphatic rings. The van der Waals surface area contributed by atoms with Crippen LogP contribution in [0.5, 0.6) is 0 Å². The summed E-state index contributed by atoms with van der Waals surface area (Å²) in [6, 6.07) is 8.16. The molecule has 3 N–H and O–H groups in total. The fourth-order valence-corrected chi connectivity index (χ4v) is 5.47. The number of nitrogens with one attached hydrogen (secondary N) is 3. The maximum atomic E-state index is 12.9. The van der Waals surface area contributed by atoms with Gasteiger partial charge in [-0.15, -0.1) is 11.3 Å². The second kappa shape index (κ2) is 9.18. The van der Waals surface area contributed by atoms with Gasteiger partial charge in [-0.05, 0) is 43.2 Å². The van der Waals surface area contributed by atoms with Crippen molar-refractivity contribution in [2.75, 3.05) is 29.9 Å². The zero-order chi connectivity index (χ0) is 21.0. The lowest BCUT2D eigenvalue weighted by atomic mass is 9.74. The van der Waals surface area contributed by atoms with Crippen LogP contribution in [0.3, 0.4) is 0 Å². The lowest BCUT2D eigenvalue weighted by Gasteiger charge is -2.44. The van der Waals surface area contributed by atoms with E-state index in [1.165, 1.54) is 43.4 Å². The number of hydrazine groups is 1. The number of para-hydroxylation sites is 2. The van der Waals surface area contributed by atoms with E-state index in [4.69, 9.17) is 0 Å². The lowest BCUT2D eigenvalue weighted by molar-refractivity contribution is 0.102. The summed E-state index contributed by atoms with van der Waals surface area (Å²) in [5, 5.41) is 5.82. The summed E-state index contributed by atoms with van der Waals surface area (Å²) in [6.45, 7) is 7.40. The Labute approximate surface area is 182 Å². The number of benzene rings is 1. The summed E-state index contributed by atoms with van der Waals surface area (Å²) in [5.74, 6) is -0.156. The van der Waals surface area contributed by atoms with Crippen LogP contribution in [0.2, 0.25) is 0 Å². The number of thiazole rings is 1. The van der Waals surface area contributed by atoms with Crippen molar-refractivity contribution in [3.8, 4) is 0 Å². The third kappa shape index (κ3) is 4.37. The summed E-state index contributed by atoms with van der Waals surface area (Å²) in [5.41, 5.74) is 9.88. The van der Waals surface area contributed by atoms with E-state index >= 15 is 0 Å². The first kappa shape index (κ1) is 20.9. The number of nitrogens with zero attached hydrogens (tertiary/aromatic N) is 2. The van der Waals surface area contributed by atoms with Gasteiger partial charge in [0.1, 0.15) is 10.7 Å². The summed E-state index contributed by atoms with van der Waals surface area (Å²) < 4.78 is 0. The molecule has 2 aromatic rings. The number of amides is 1. The molecule has 1 amide bonds. The number of piperidine rings is 1. The Morgan fingerprint density at radius 2 is 2.20 bits per heavy atom. The minimum Gasteiger partial charge on any atom is -0.369 e. The van der Waals surface area contributed by atoms with Gasteiger partial charge < -0.3 is 15.6 Å². The molecule has 3 heterocycles. The van der Waals surface area contributed by atoms with Gasteiger partial charge in [0.15, 0.2) is 0 Å². The molecule has 1 aromatic heterocycles. The van der Waals surface area contributed by atoms with E-state index in [1.807, 2.05) is 23.7 Å². The Morgan fingerprint density at radius 3 is 2.97 bits per heavy atom. The zero-order valence-electron chi connectivity index (χ0n) is 17.8. The van der Waals surface area contributed by atoms with E-state index in [2.05, 4.69) is 52.0 Å². The maximum Gasteiger partial charge on any atom is 0.275 e. The molecule has 2 aliphatic heterocycles. The van der Waals surface area contributed by atoms with E-state index < -0.39 is 0 Å². The van der Waals surface area contributed by atoms with Crippen LogP contribution in [-0.4, -0.2) is 30.5 Å². The lowest BCUT2D eigenvalue weighted by Crippen LogP contribution is -2.43. The predicted octanol–water partition coefficient (Wildman–Crippen LogP) is 4.64. The summed E-state index contributed by atoms with van der Waals surface area (Å²) in [7, 11) is 0. The van der Waals surface area contributed by atoms with Gasteiger partial charge in [0.05, 0.1) is 11.4 Å². The summed E-state index contributed by atoms with van der Waals surface area (Å²) >= 11 is 1.50. The molecule has 1 aromatic carbocycles. The highest BCUT2D eigenvalue weighted by molar-refractivity contribution is 7.11. The predicted molar refractivity (Wildman–Crippen MR) is 125 cm³/mol. The Bertz CT molecular complexity index is 920. The van der Waals surface area contributed by atoms with Gasteiger partial charge >= 0.3 is 0 Å². The molecule has 0 radical (unpaired) electrons. The molecule has 160 valence electrons. The molecule has 0 saturated carbocycles. The highest BCUT2D eigenvalue weighted by Crippen LogP contribution is 2.40. The van der Waals surface area contributed by atoms with Crippen LogP contribution in [0.1, 0.15) is 61.4 Å². The van der Waals surface area contributed by atoms with E-state index in [9.17, 15) is 4.79 Å². The Morgan fingerprint density at radius 1 is 1.33 bits per heavy atom. The first-order valence-electron chi connectivity index (χ1n) is 10.9. The van der Waals surface area contributed by atoms with Gasteiger partial charge in [0.25, 0.3) is 5.91 Å². The van der Waals surface area contributed by atoms with Gasteiger partial charge in [-0.25, -0.2) is 10.4 Å². The number of carbonyl (C=O) groups is 1. The monoisotopic (exact) mass is 425 g/mol.